The Morgan fingerprint density at radius 1 is 1.21 bits per heavy atom. The largest absolute Gasteiger partial charge is 0.479 e. The van der Waals surface area contributed by atoms with Crippen LogP contribution in [0.5, 0.6) is 0 Å². The van der Waals surface area contributed by atoms with E-state index in [0.29, 0.717) is 11.1 Å². The number of aliphatic hydroxyl groups excluding tert-OH is 3. The lowest BCUT2D eigenvalue weighted by molar-refractivity contribution is -0.298. The molecule has 0 saturated carbocycles. The average Bonchev–Trinajstić information content (AvgIpc) is 2.49. The summed E-state index contributed by atoms with van der Waals surface area (Å²) in [6.07, 6.45) is -6.03. The molecule has 6 unspecified atom stereocenters. The van der Waals surface area contributed by atoms with Gasteiger partial charge in [-0.2, -0.15) is 0 Å². The van der Waals surface area contributed by atoms with Crippen LogP contribution in [0.25, 0.3) is 0 Å². The van der Waals surface area contributed by atoms with Gasteiger partial charge in [-0.15, -0.1) is 0 Å². The summed E-state index contributed by atoms with van der Waals surface area (Å²) < 4.78 is 10.7. The molecule has 1 saturated heterocycles. The number of carbonyl (C=O) groups excluding carboxylic acids is 1. The number of aliphatic hydroxyl groups is 3. The van der Waals surface area contributed by atoms with E-state index >= 15 is 0 Å². The van der Waals surface area contributed by atoms with Gasteiger partial charge in [-0.1, -0.05) is 13.8 Å². The van der Waals surface area contributed by atoms with Crippen molar-refractivity contribution in [2.45, 2.75) is 57.6 Å². The van der Waals surface area contributed by atoms with E-state index in [1.807, 2.05) is 13.8 Å². The third-order valence-corrected chi connectivity index (χ3v) is 4.14. The zero-order valence-electron chi connectivity index (χ0n) is 13.6. The third-order valence-electron chi connectivity index (χ3n) is 4.14. The average molecular weight is 342 g/mol. The van der Waals surface area contributed by atoms with Crippen LogP contribution in [0.4, 0.5) is 0 Å². The molecule has 1 aliphatic heterocycles. The van der Waals surface area contributed by atoms with Gasteiger partial charge in [0.15, 0.2) is 18.2 Å². The molecule has 0 aromatic carbocycles. The van der Waals surface area contributed by atoms with Gasteiger partial charge in [0.05, 0.1) is 0 Å². The second-order valence-corrected chi connectivity index (χ2v) is 6.32. The van der Waals surface area contributed by atoms with Gasteiger partial charge in [0.2, 0.25) is 0 Å². The molecule has 8 nitrogen and oxygen atoms in total. The summed E-state index contributed by atoms with van der Waals surface area (Å²) >= 11 is 0. The van der Waals surface area contributed by atoms with Gasteiger partial charge in [0.25, 0.3) is 0 Å². The summed E-state index contributed by atoms with van der Waals surface area (Å²) in [6.45, 7) is 5.36. The van der Waals surface area contributed by atoms with Crippen molar-refractivity contribution < 1.29 is 39.5 Å². The molecule has 2 rings (SSSR count). The van der Waals surface area contributed by atoms with Crippen LogP contribution in [0.15, 0.2) is 23.3 Å². The number of aliphatic carboxylic acids is 1. The molecule has 0 radical (unpaired) electrons. The van der Waals surface area contributed by atoms with Gasteiger partial charge in [0.1, 0.15) is 24.4 Å². The monoisotopic (exact) mass is 342 g/mol. The van der Waals surface area contributed by atoms with Gasteiger partial charge in [-0.3, -0.25) is 4.79 Å². The summed E-state index contributed by atoms with van der Waals surface area (Å²) in [5.41, 5.74) is 1.10. The number of hydrogen-bond acceptors (Lipinski definition) is 7. The van der Waals surface area contributed by atoms with Crippen molar-refractivity contribution in [2.24, 2.45) is 5.92 Å². The molecule has 2 aliphatic rings. The highest BCUT2D eigenvalue weighted by Crippen LogP contribution is 2.28. The molecule has 8 heteroatoms. The van der Waals surface area contributed by atoms with Crippen LogP contribution in [0.1, 0.15) is 20.8 Å². The summed E-state index contributed by atoms with van der Waals surface area (Å²) in [6, 6.07) is 0. The number of hydrogen-bond donors (Lipinski definition) is 4. The number of carboxylic acids is 1. The first-order valence-electron chi connectivity index (χ1n) is 7.65. The molecule has 24 heavy (non-hydrogen) atoms. The fraction of sp³-hybridized carbons (Fsp3) is 0.625. The van der Waals surface area contributed by atoms with Crippen LogP contribution in [0, 0.1) is 5.92 Å². The highest BCUT2D eigenvalue weighted by Gasteiger charge is 2.48. The molecule has 0 aromatic heterocycles. The van der Waals surface area contributed by atoms with E-state index in [0.717, 1.165) is 0 Å². The number of ketones is 1. The van der Waals surface area contributed by atoms with E-state index in [9.17, 15) is 24.9 Å². The fourth-order valence-corrected chi connectivity index (χ4v) is 2.68. The van der Waals surface area contributed by atoms with E-state index in [1.54, 1.807) is 13.0 Å². The number of ether oxygens (including phenoxy) is 2. The minimum Gasteiger partial charge on any atom is -0.479 e. The topological polar surface area (TPSA) is 134 Å². The normalized spacial score (nSPS) is 37.2. The summed E-state index contributed by atoms with van der Waals surface area (Å²) in [7, 11) is 0. The van der Waals surface area contributed by atoms with E-state index in [1.165, 1.54) is 6.08 Å². The van der Waals surface area contributed by atoms with Crippen molar-refractivity contribution in [3.05, 3.63) is 23.3 Å². The Labute approximate surface area is 139 Å². The number of carboxylic acid groups (broad SMARTS) is 1. The van der Waals surface area contributed by atoms with Crippen LogP contribution in [0.2, 0.25) is 0 Å². The van der Waals surface area contributed by atoms with Crippen molar-refractivity contribution in [3.63, 3.8) is 0 Å². The molecule has 4 N–H and O–H groups in total. The lowest BCUT2D eigenvalue weighted by Crippen LogP contribution is -2.60. The quantitative estimate of drug-likeness (QED) is 0.531. The first-order valence-corrected chi connectivity index (χ1v) is 7.65. The summed E-state index contributed by atoms with van der Waals surface area (Å²) in [5.74, 6) is -1.65. The predicted octanol–water partition coefficient (Wildman–Crippen LogP) is -0.625. The molecular weight excluding hydrogens is 320 g/mol. The van der Waals surface area contributed by atoms with Gasteiger partial charge in [-0.05, 0) is 30.6 Å². The minimum atomic E-state index is -1.77. The van der Waals surface area contributed by atoms with Crippen LogP contribution in [-0.4, -0.2) is 69.0 Å². The van der Waals surface area contributed by atoms with E-state index in [-0.39, 0.29) is 11.7 Å². The number of allylic oxidation sites excluding steroid dienone is 2. The summed E-state index contributed by atoms with van der Waals surface area (Å²) in [4.78, 5) is 23.1. The molecule has 0 bridgehead atoms. The minimum absolute atomic E-state index is 0.0377. The fourth-order valence-electron chi connectivity index (χ4n) is 2.68. The molecule has 134 valence electrons. The summed E-state index contributed by atoms with van der Waals surface area (Å²) in [5, 5.41) is 38.5. The maximum atomic E-state index is 12.0. The maximum absolute atomic E-state index is 12.0. The predicted molar refractivity (Wildman–Crippen MR) is 80.9 cm³/mol. The second kappa shape index (κ2) is 7.12. The van der Waals surface area contributed by atoms with Crippen molar-refractivity contribution in [1.29, 1.82) is 0 Å². The Hall–Kier alpha value is -1.58. The van der Waals surface area contributed by atoms with Crippen molar-refractivity contribution >= 4 is 11.8 Å². The lowest BCUT2D eigenvalue weighted by Gasteiger charge is -2.40. The highest BCUT2D eigenvalue weighted by atomic mass is 16.7. The number of carbonyl (C=O) groups is 2. The number of rotatable bonds is 4. The molecule has 1 aliphatic carbocycles. The van der Waals surface area contributed by atoms with Gasteiger partial charge >= 0.3 is 5.97 Å². The first-order chi connectivity index (χ1) is 11.1. The van der Waals surface area contributed by atoms with E-state index in [2.05, 4.69) is 0 Å². The SMILES string of the molecule is CC1=CC(=O)C(C(C)C)=CC1OC1OC(C(=O)O)C(O)C(O)C1O. The molecule has 0 aromatic rings. The zero-order chi connectivity index (χ0) is 18.2. The molecule has 1 heterocycles. The van der Waals surface area contributed by atoms with Crippen molar-refractivity contribution in [2.75, 3.05) is 0 Å². The third kappa shape index (κ3) is 3.57. The molecule has 0 amide bonds. The Bertz CT molecular complexity index is 579. The molecule has 1 fully saturated rings. The van der Waals surface area contributed by atoms with Crippen LogP contribution in [-0.2, 0) is 19.1 Å². The second-order valence-electron chi connectivity index (χ2n) is 6.32. The van der Waals surface area contributed by atoms with Gasteiger partial charge in [-0.25, -0.2) is 4.79 Å². The van der Waals surface area contributed by atoms with Crippen LogP contribution >= 0.6 is 0 Å². The van der Waals surface area contributed by atoms with Gasteiger partial charge in [0, 0.05) is 5.57 Å². The van der Waals surface area contributed by atoms with Gasteiger partial charge < -0.3 is 29.9 Å². The van der Waals surface area contributed by atoms with Crippen molar-refractivity contribution in [1.82, 2.24) is 0 Å². The van der Waals surface area contributed by atoms with E-state index < -0.39 is 42.8 Å². The molecule has 6 atom stereocenters. The standard InChI is InChI=1S/C16H22O8/c1-6(2)8-5-10(7(3)4-9(8)17)23-16-13(20)11(18)12(19)14(24-16)15(21)22/h4-6,10-14,16,18-20H,1-3H3,(H,21,22). The smallest absolute Gasteiger partial charge is 0.335 e. The molecular formula is C16H22O8. The Kier molecular flexibility index (Phi) is 5.56. The first kappa shape index (κ1) is 18.8. The lowest BCUT2D eigenvalue weighted by atomic mass is 9.90. The highest BCUT2D eigenvalue weighted by molar-refractivity contribution is 6.05. The van der Waals surface area contributed by atoms with E-state index in [4.69, 9.17) is 14.6 Å². The Morgan fingerprint density at radius 2 is 1.83 bits per heavy atom. The van der Waals surface area contributed by atoms with Crippen LogP contribution in [0.3, 0.4) is 0 Å². The Morgan fingerprint density at radius 3 is 2.38 bits per heavy atom. The van der Waals surface area contributed by atoms with Crippen LogP contribution < -0.4 is 0 Å². The maximum Gasteiger partial charge on any atom is 0.335 e. The molecule has 0 spiro atoms. The zero-order valence-corrected chi connectivity index (χ0v) is 13.6. The van der Waals surface area contributed by atoms with Crippen molar-refractivity contribution in [3.8, 4) is 0 Å². The Balaban J connectivity index is 2.20.